The standard InChI is InChI=1S/C17H20FN3O3.ClH/c1-12-9-15(19-24-12)17(22)21-7-5-20(6-8-21)11-13-3-4-16(23-2)14(18)10-13;/h3-4,9-10H,5-8,11H2,1-2H3;1H. The number of aryl methyl sites for hydroxylation is 1. The maximum absolute atomic E-state index is 13.8. The van der Waals surface area contributed by atoms with E-state index in [9.17, 15) is 9.18 Å². The summed E-state index contributed by atoms with van der Waals surface area (Å²) in [7, 11) is 1.45. The Morgan fingerprint density at radius 3 is 2.56 bits per heavy atom. The number of carbonyl (C=O) groups excluding carboxylic acids is 1. The molecule has 0 radical (unpaired) electrons. The lowest BCUT2D eigenvalue weighted by molar-refractivity contribution is 0.0618. The first kappa shape index (κ1) is 19.2. The van der Waals surface area contributed by atoms with Gasteiger partial charge in [0.2, 0.25) is 0 Å². The minimum atomic E-state index is -0.356. The largest absolute Gasteiger partial charge is 0.494 e. The minimum absolute atomic E-state index is 0. The number of carbonyl (C=O) groups is 1. The smallest absolute Gasteiger partial charge is 0.276 e. The lowest BCUT2D eigenvalue weighted by Gasteiger charge is -2.34. The van der Waals surface area contributed by atoms with Crippen LogP contribution < -0.4 is 4.74 Å². The van der Waals surface area contributed by atoms with Gasteiger partial charge in [0.15, 0.2) is 17.3 Å². The highest BCUT2D eigenvalue weighted by atomic mass is 35.5. The third-order valence-electron chi connectivity index (χ3n) is 4.13. The van der Waals surface area contributed by atoms with Gasteiger partial charge in [-0.2, -0.15) is 0 Å². The molecule has 0 bridgehead atoms. The summed E-state index contributed by atoms with van der Waals surface area (Å²) in [6.45, 7) is 5.10. The Labute approximate surface area is 151 Å². The quantitative estimate of drug-likeness (QED) is 0.828. The summed E-state index contributed by atoms with van der Waals surface area (Å²) in [6, 6.07) is 6.64. The van der Waals surface area contributed by atoms with Crippen molar-refractivity contribution >= 4 is 18.3 Å². The summed E-state index contributed by atoms with van der Waals surface area (Å²) in [4.78, 5) is 16.3. The molecule has 0 atom stereocenters. The SMILES string of the molecule is COc1ccc(CN2CCN(C(=O)c3cc(C)on3)CC2)cc1F.Cl. The molecule has 1 amide bonds. The second-order valence-electron chi connectivity index (χ2n) is 5.86. The zero-order valence-electron chi connectivity index (χ0n) is 14.2. The highest BCUT2D eigenvalue weighted by Crippen LogP contribution is 2.19. The average Bonchev–Trinajstić information content (AvgIpc) is 3.02. The average molecular weight is 370 g/mol. The van der Waals surface area contributed by atoms with E-state index in [2.05, 4.69) is 10.1 Å². The number of methoxy groups -OCH3 is 1. The molecule has 1 aliphatic rings. The van der Waals surface area contributed by atoms with Gasteiger partial charge in [0.05, 0.1) is 7.11 Å². The van der Waals surface area contributed by atoms with Gasteiger partial charge in [-0.3, -0.25) is 9.69 Å². The molecule has 2 heterocycles. The zero-order chi connectivity index (χ0) is 17.1. The molecular formula is C17H21ClFN3O3. The van der Waals surface area contributed by atoms with Gasteiger partial charge in [0.1, 0.15) is 5.76 Å². The number of halogens is 2. The van der Waals surface area contributed by atoms with Gasteiger partial charge in [-0.05, 0) is 24.6 Å². The molecule has 136 valence electrons. The minimum Gasteiger partial charge on any atom is -0.494 e. The van der Waals surface area contributed by atoms with Gasteiger partial charge in [0, 0.05) is 38.8 Å². The van der Waals surface area contributed by atoms with E-state index in [0.717, 1.165) is 18.7 Å². The van der Waals surface area contributed by atoms with Gasteiger partial charge in [-0.25, -0.2) is 4.39 Å². The van der Waals surface area contributed by atoms with Crippen LogP contribution in [0, 0.1) is 12.7 Å². The molecule has 2 aromatic rings. The van der Waals surface area contributed by atoms with Crippen molar-refractivity contribution in [2.24, 2.45) is 0 Å². The highest BCUT2D eigenvalue weighted by Gasteiger charge is 2.24. The summed E-state index contributed by atoms with van der Waals surface area (Å²) in [5.74, 6) is 0.405. The van der Waals surface area contributed by atoms with Gasteiger partial charge in [-0.1, -0.05) is 11.2 Å². The monoisotopic (exact) mass is 369 g/mol. The Balaban J connectivity index is 0.00000225. The second kappa shape index (κ2) is 8.31. The summed E-state index contributed by atoms with van der Waals surface area (Å²) >= 11 is 0. The molecule has 3 rings (SSSR count). The van der Waals surface area contributed by atoms with Gasteiger partial charge in [-0.15, -0.1) is 12.4 Å². The Bertz CT molecular complexity index is 730. The summed E-state index contributed by atoms with van der Waals surface area (Å²) in [6.07, 6.45) is 0. The molecule has 0 aliphatic carbocycles. The first-order chi connectivity index (χ1) is 11.6. The van der Waals surface area contributed by atoms with Crippen molar-refractivity contribution in [3.05, 3.63) is 47.1 Å². The molecule has 1 aromatic heterocycles. The first-order valence-electron chi connectivity index (χ1n) is 7.84. The molecule has 0 spiro atoms. The summed E-state index contributed by atoms with van der Waals surface area (Å²) in [5.41, 5.74) is 1.23. The summed E-state index contributed by atoms with van der Waals surface area (Å²) in [5, 5.41) is 3.77. The number of amides is 1. The van der Waals surface area contributed by atoms with E-state index >= 15 is 0 Å². The van der Waals surface area contributed by atoms with E-state index in [4.69, 9.17) is 9.26 Å². The molecule has 0 unspecified atom stereocenters. The first-order valence-corrected chi connectivity index (χ1v) is 7.84. The van der Waals surface area contributed by atoms with E-state index in [1.807, 2.05) is 6.07 Å². The lowest BCUT2D eigenvalue weighted by atomic mass is 10.1. The number of aromatic nitrogens is 1. The molecule has 1 aliphatic heterocycles. The van der Waals surface area contributed by atoms with Crippen LogP contribution in [0.25, 0.3) is 0 Å². The number of hydrogen-bond acceptors (Lipinski definition) is 5. The Morgan fingerprint density at radius 1 is 1.28 bits per heavy atom. The third-order valence-corrected chi connectivity index (χ3v) is 4.13. The number of piperazine rings is 1. The number of benzene rings is 1. The van der Waals surface area contributed by atoms with Crippen molar-refractivity contribution in [2.45, 2.75) is 13.5 Å². The van der Waals surface area contributed by atoms with Crippen LogP contribution in [0.5, 0.6) is 5.75 Å². The number of hydrogen-bond donors (Lipinski definition) is 0. The normalized spacial score (nSPS) is 14.9. The van der Waals surface area contributed by atoms with Crippen molar-refractivity contribution in [3.8, 4) is 5.75 Å². The Hall–Kier alpha value is -2.12. The lowest BCUT2D eigenvalue weighted by Crippen LogP contribution is -2.48. The van der Waals surface area contributed by atoms with E-state index in [0.29, 0.717) is 31.1 Å². The predicted molar refractivity (Wildman–Crippen MR) is 92.6 cm³/mol. The predicted octanol–water partition coefficient (Wildman–Crippen LogP) is 2.51. The molecule has 25 heavy (non-hydrogen) atoms. The van der Waals surface area contributed by atoms with Gasteiger partial charge >= 0.3 is 0 Å². The molecule has 1 aromatic carbocycles. The van der Waals surface area contributed by atoms with Crippen LogP contribution in [-0.2, 0) is 6.54 Å². The molecule has 0 saturated carbocycles. The number of ether oxygens (including phenoxy) is 1. The van der Waals surface area contributed by atoms with E-state index in [-0.39, 0.29) is 29.9 Å². The molecular weight excluding hydrogens is 349 g/mol. The molecule has 0 N–H and O–H groups in total. The van der Waals surface area contributed by atoms with E-state index in [1.54, 1.807) is 24.0 Å². The van der Waals surface area contributed by atoms with Crippen LogP contribution in [0.2, 0.25) is 0 Å². The maximum Gasteiger partial charge on any atom is 0.276 e. The van der Waals surface area contributed by atoms with Crippen molar-refractivity contribution < 1.29 is 18.4 Å². The van der Waals surface area contributed by atoms with Gasteiger partial charge < -0.3 is 14.2 Å². The zero-order valence-corrected chi connectivity index (χ0v) is 15.0. The Kier molecular flexibility index (Phi) is 6.39. The van der Waals surface area contributed by atoms with E-state index < -0.39 is 0 Å². The van der Waals surface area contributed by atoms with Crippen LogP contribution in [0.15, 0.2) is 28.8 Å². The fourth-order valence-corrected chi connectivity index (χ4v) is 2.80. The van der Waals surface area contributed by atoms with Crippen LogP contribution in [0.3, 0.4) is 0 Å². The molecule has 6 nitrogen and oxygen atoms in total. The highest BCUT2D eigenvalue weighted by molar-refractivity contribution is 5.92. The summed E-state index contributed by atoms with van der Waals surface area (Å²) < 4.78 is 23.6. The van der Waals surface area contributed by atoms with Crippen LogP contribution >= 0.6 is 12.4 Å². The maximum atomic E-state index is 13.8. The van der Waals surface area contributed by atoms with Crippen LogP contribution in [0.1, 0.15) is 21.8 Å². The van der Waals surface area contributed by atoms with Crippen molar-refractivity contribution in [3.63, 3.8) is 0 Å². The van der Waals surface area contributed by atoms with E-state index in [1.165, 1.54) is 13.2 Å². The second-order valence-corrected chi connectivity index (χ2v) is 5.86. The van der Waals surface area contributed by atoms with Gasteiger partial charge in [0.25, 0.3) is 5.91 Å². The molecule has 1 saturated heterocycles. The number of nitrogens with zero attached hydrogens (tertiary/aromatic N) is 3. The fraction of sp³-hybridized carbons (Fsp3) is 0.412. The Morgan fingerprint density at radius 2 is 2.00 bits per heavy atom. The topological polar surface area (TPSA) is 58.8 Å². The third kappa shape index (κ3) is 4.49. The molecule has 1 fully saturated rings. The van der Waals surface area contributed by atoms with Crippen LogP contribution in [-0.4, -0.2) is 54.2 Å². The van der Waals surface area contributed by atoms with Crippen molar-refractivity contribution in [2.75, 3.05) is 33.3 Å². The van der Waals surface area contributed by atoms with Crippen molar-refractivity contribution in [1.29, 1.82) is 0 Å². The van der Waals surface area contributed by atoms with Crippen molar-refractivity contribution in [1.82, 2.24) is 15.0 Å². The molecule has 8 heteroatoms. The van der Waals surface area contributed by atoms with Crippen LogP contribution in [0.4, 0.5) is 4.39 Å². The number of rotatable bonds is 4. The fourth-order valence-electron chi connectivity index (χ4n) is 2.80.